The monoisotopic (exact) mass is 512 g/mol. The van der Waals surface area contributed by atoms with Gasteiger partial charge in [0.05, 0.1) is 13.2 Å². The zero-order valence-electron chi connectivity index (χ0n) is 20.7. The lowest BCUT2D eigenvalue weighted by atomic mass is 9.89. The first-order valence-corrected chi connectivity index (χ1v) is 13.8. The highest BCUT2D eigenvalue weighted by molar-refractivity contribution is 7.12. The number of benzene rings is 1. The van der Waals surface area contributed by atoms with Crippen molar-refractivity contribution in [2.45, 2.75) is 65.1 Å². The van der Waals surface area contributed by atoms with Gasteiger partial charge in [0, 0.05) is 34.8 Å². The van der Waals surface area contributed by atoms with E-state index in [4.69, 9.17) is 15.0 Å². The van der Waals surface area contributed by atoms with Crippen LogP contribution in [-0.2, 0) is 19.6 Å². The van der Waals surface area contributed by atoms with Crippen LogP contribution in [0.25, 0.3) is 0 Å². The number of piperidine rings is 1. The fourth-order valence-corrected chi connectivity index (χ4v) is 6.03. The standard InChI is InChI=1S/C28H36N4OS.ClH/c1-2-30-16-26-25-17-31-27(24(25)8-10-28(26)33-19-21-3-4-21)9-5-20-11-13-32(14-12-20)18-23-7-6-22(15-29)34-23;/h6-8,10,20-21,30H,2-5,9,11-14,16-19H2,1H3;1H. The van der Waals surface area contributed by atoms with Crippen molar-refractivity contribution in [3.05, 3.63) is 50.7 Å². The van der Waals surface area contributed by atoms with Gasteiger partial charge in [-0.15, -0.1) is 23.7 Å². The van der Waals surface area contributed by atoms with E-state index in [2.05, 4.69) is 41.4 Å². The topological polar surface area (TPSA) is 60.6 Å². The summed E-state index contributed by atoms with van der Waals surface area (Å²) in [6, 6.07) is 10.8. The molecule has 2 fully saturated rings. The number of aliphatic imine (C=N–C) groups is 1. The fourth-order valence-electron chi connectivity index (χ4n) is 5.18. The molecule has 0 spiro atoms. The molecule has 0 atom stereocenters. The van der Waals surface area contributed by atoms with E-state index in [1.54, 1.807) is 11.3 Å². The van der Waals surface area contributed by atoms with Crippen molar-refractivity contribution in [2.24, 2.45) is 16.8 Å². The molecule has 188 valence electrons. The summed E-state index contributed by atoms with van der Waals surface area (Å²) < 4.78 is 6.22. The van der Waals surface area contributed by atoms with Gasteiger partial charge in [-0.3, -0.25) is 9.89 Å². The number of fused-ring (bicyclic) bond motifs is 1. The van der Waals surface area contributed by atoms with E-state index in [0.717, 1.165) is 74.8 Å². The molecule has 5 nitrogen and oxygen atoms in total. The van der Waals surface area contributed by atoms with Gasteiger partial charge in [-0.05, 0) is 99.8 Å². The Morgan fingerprint density at radius 1 is 1.14 bits per heavy atom. The van der Waals surface area contributed by atoms with Crippen molar-refractivity contribution in [1.82, 2.24) is 10.2 Å². The SMILES string of the molecule is CCNCc1c(OCC2CC2)ccc2c1CN=C2CCC1CCN(Cc2ccc(C#N)s2)CC1.Cl. The Morgan fingerprint density at radius 3 is 2.69 bits per heavy atom. The normalized spacial score (nSPS) is 18.0. The zero-order chi connectivity index (χ0) is 23.3. The Balaban J connectivity index is 0.00000289. The molecule has 1 aromatic heterocycles. The van der Waals surface area contributed by atoms with Crippen molar-refractivity contribution >= 4 is 29.5 Å². The van der Waals surface area contributed by atoms with E-state index < -0.39 is 0 Å². The number of thiophene rings is 1. The Labute approximate surface area is 220 Å². The van der Waals surface area contributed by atoms with Crippen LogP contribution < -0.4 is 10.1 Å². The molecular formula is C28H37ClN4OS. The van der Waals surface area contributed by atoms with Crippen LogP contribution in [0, 0.1) is 23.2 Å². The summed E-state index contributed by atoms with van der Waals surface area (Å²) in [4.78, 5) is 9.65. The largest absolute Gasteiger partial charge is 0.493 e. The number of likely N-dealkylation sites (tertiary alicyclic amines) is 1. The van der Waals surface area contributed by atoms with Gasteiger partial charge in [0.2, 0.25) is 0 Å². The number of hydrogen-bond donors (Lipinski definition) is 1. The first kappa shape index (κ1) is 26.2. The van der Waals surface area contributed by atoms with Crippen LogP contribution in [0.5, 0.6) is 5.75 Å². The first-order chi connectivity index (χ1) is 16.7. The molecule has 0 amide bonds. The van der Waals surface area contributed by atoms with E-state index in [-0.39, 0.29) is 12.4 Å². The summed E-state index contributed by atoms with van der Waals surface area (Å²) in [5, 5.41) is 12.6. The Kier molecular flexibility index (Phi) is 9.24. The van der Waals surface area contributed by atoms with E-state index in [9.17, 15) is 0 Å². The highest BCUT2D eigenvalue weighted by Gasteiger charge is 2.26. The number of halogens is 1. The van der Waals surface area contributed by atoms with Crippen LogP contribution in [0.3, 0.4) is 0 Å². The minimum atomic E-state index is 0. The number of nitrogens with zero attached hydrogens (tertiary/aromatic N) is 3. The van der Waals surface area contributed by atoms with Gasteiger partial charge >= 0.3 is 0 Å². The molecule has 2 aromatic rings. The smallest absolute Gasteiger partial charge is 0.124 e. The maximum Gasteiger partial charge on any atom is 0.124 e. The van der Waals surface area contributed by atoms with Gasteiger partial charge in [-0.25, -0.2) is 0 Å². The maximum atomic E-state index is 9.04. The summed E-state index contributed by atoms with van der Waals surface area (Å²) in [5.74, 6) is 2.60. The highest BCUT2D eigenvalue weighted by atomic mass is 35.5. The van der Waals surface area contributed by atoms with Crippen LogP contribution in [0.15, 0.2) is 29.3 Å². The van der Waals surface area contributed by atoms with Crippen LogP contribution >= 0.6 is 23.7 Å². The van der Waals surface area contributed by atoms with Crippen molar-refractivity contribution in [3.63, 3.8) is 0 Å². The molecule has 0 radical (unpaired) electrons. The second kappa shape index (κ2) is 12.4. The fraction of sp³-hybridized carbons (Fsp3) is 0.571. The summed E-state index contributed by atoms with van der Waals surface area (Å²) in [7, 11) is 0. The van der Waals surface area contributed by atoms with Crippen LogP contribution in [0.4, 0.5) is 0 Å². The molecule has 0 bridgehead atoms. The maximum absolute atomic E-state index is 9.04. The van der Waals surface area contributed by atoms with Crippen molar-refractivity contribution in [3.8, 4) is 11.8 Å². The lowest BCUT2D eigenvalue weighted by Gasteiger charge is -2.31. The Hall–Kier alpha value is -1.91. The predicted molar refractivity (Wildman–Crippen MR) is 146 cm³/mol. The van der Waals surface area contributed by atoms with Crippen molar-refractivity contribution in [1.29, 1.82) is 5.26 Å². The lowest BCUT2D eigenvalue weighted by Crippen LogP contribution is -2.33. The van der Waals surface area contributed by atoms with Gasteiger partial charge in [0.15, 0.2) is 0 Å². The Morgan fingerprint density at radius 2 is 1.97 bits per heavy atom. The molecule has 1 aliphatic carbocycles. The average molecular weight is 513 g/mol. The van der Waals surface area contributed by atoms with Crippen molar-refractivity contribution < 1.29 is 4.74 Å². The van der Waals surface area contributed by atoms with E-state index >= 15 is 0 Å². The molecule has 3 heterocycles. The van der Waals surface area contributed by atoms with Crippen LogP contribution in [-0.4, -0.2) is 36.9 Å². The lowest BCUT2D eigenvalue weighted by molar-refractivity contribution is 0.175. The molecule has 7 heteroatoms. The van der Waals surface area contributed by atoms with Gasteiger partial charge in [0.1, 0.15) is 16.7 Å². The number of rotatable bonds is 11. The zero-order valence-corrected chi connectivity index (χ0v) is 22.4. The molecule has 1 saturated carbocycles. The molecule has 3 aliphatic rings. The third kappa shape index (κ3) is 6.65. The second-order valence-electron chi connectivity index (χ2n) is 10.0. The van der Waals surface area contributed by atoms with Crippen molar-refractivity contribution in [2.75, 3.05) is 26.2 Å². The average Bonchev–Trinajstić information content (AvgIpc) is 3.43. The molecule has 0 unspecified atom stereocenters. The van der Waals surface area contributed by atoms with E-state index in [0.29, 0.717) is 0 Å². The minimum Gasteiger partial charge on any atom is -0.493 e. The highest BCUT2D eigenvalue weighted by Crippen LogP contribution is 2.35. The molecule has 2 aliphatic heterocycles. The molecule has 35 heavy (non-hydrogen) atoms. The predicted octanol–water partition coefficient (Wildman–Crippen LogP) is 5.93. The summed E-state index contributed by atoms with van der Waals surface area (Å²) in [6.07, 6.45) is 7.46. The number of nitriles is 1. The van der Waals surface area contributed by atoms with E-state index in [1.807, 2.05) is 6.07 Å². The quantitative estimate of drug-likeness (QED) is 0.405. The molecule has 1 saturated heterocycles. The van der Waals surface area contributed by atoms with Gasteiger partial charge in [-0.1, -0.05) is 6.92 Å². The van der Waals surface area contributed by atoms with Gasteiger partial charge < -0.3 is 10.1 Å². The first-order valence-electron chi connectivity index (χ1n) is 13.0. The van der Waals surface area contributed by atoms with Gasteiger partial charge in [-0.2, -0.15) is 5.26 Å². The number of hydrogen-bond acceptors (Lipinski definition) is 6. The van der Waals surface area contributed by atoms with E-state index in [1.165, 1.54) is 59.4 Å². The second-order valence-corrected chi connectivity index (χ2v) is 11.2. The Bertz CT molecular complexity index is 1060. The third-order valence-corrected chi connectivity index (χ3v) is 8.47. The molecular weight excluding hydrogens is 476 g/mol. The number of nitrogens with one attached hydrogen (secondary N) is 1. The molecule has 5 rings (SSSR count). The summed E-state index contributed by atoms with van der Waals surface area (Å²) >= 11 is 1.63. The van der Waals surface area contributed by atoms with Gasteiger partial charge in [0.25, 0.3) is 0 Å². The van der Waals surface area contributed by atoms with Crippen LogP contribution in [0.1, 0.15) is 71.9 Å². The summed E-state index contributed by atoms with van der Waals surface area (Å²) in [6.45, 7) is 8.94. The minimum absolute atomic E-state index is 0. The number of ether oxygens (including phenoxy) is 1. The third-order valence-electron chi connectivity index (χ3n) is 7.50. The summed E-state index contributed by atoms with van der Waals surface area (Å²) in [5.41, 5.74) is 5.36. The molecule has 1 aromatic carbocycles. The molecule has 1 N–H and O–H groups in total. The van der Waals surface area contributed by atoms with Crippen LogP contribution in [0.2, 0.25) is 0 Å².